The maximum atomic E-state index is 9.37. The third-order valence-electron chi connectivity index (χ3n) is 5.93. The summed E-state index contributed by atoms with van der Waals surface area (Å²) < 4.78 is 0. The molecule has 0 rings (SSSR count). The predicted octanol–water partition coefficient (Wildman–Crippen LogP) is 6.78. The van der Waals surface area contributed by atoms with E-state index in [0.29, 0.717) is 42.9 Å². The van der Waals surface area contributed by atoms with E-state index in [4.69, 9.17) is 5.26 Å². The predicted molar refractivity (Wildman–Crippen MR) is 108 cm³/mol. The number of nitrogens with zero attached hydrogens (tertiary/aromatic N) is 3. The number of nitriles is 3. The summed E-state index contributed by atoms with van der Waals surface area (Å²) in [6, 6.07) is 6.96. The Hall–Kier alpha value is -1.79. The third kappa shape index (κ3) is 9.06. The Balaban J connectivity index is 5.10. The van der Waals surface area contributed by atoms with Gasteiger partial charge in [-0.3, -0.25) is 0 Å². The molecule has 0 fully saturated rings. The molecule has 0 aliphatic carbocycles. The van der Waals surface area contributed by atoms with Gasteiger partial charge in [-0.2, -0.15) is 15.8 Å². The van der Waals surface area contributed by atoms with Crippen LogP contribution in [-0.2, 0) is 0 Å². The molecule has 0 saturated carbocycles. The summed E-state index contributed by atoms with van der Waals surface area (Å²) in [6.45, 7) is 10.7. The summed E-state index contributed by atoms with van der Waals surface area (Å²) in [5.74, 6) is 1.68. The van der Waals surface area contributed by atoms with Crippen LogP contribution in [0.25, 0.3) is 0 Å². The van der Waals surface area contributed by atoms with Gasteiger partial charge in [0.2, 0.25) is 0 Å². The van der Waals surface area contributed by atoms with Gasteiger partial charge in [0, 0.05) is 19.3 Å². The highest BCUT2D eigenvalue weighted by Gasteiger charge is 2.32. The van der Waals surface area contributed by atoms with Crippen LogP contribution < -0.4 is 0 Å². The molecule has 144 valence electrons. The van der Waals surface area contributed by atoms with Crippen LogP contribution in [0.2, 0.25) is 0 Å². The second kappa shape index (κ2) is 15.5. The fourth-order valence-corrected chi connectivity index (χ4v) is 4.18. The SMILES string of the molecule is C=CC(CCCCC)C(CC#N)C(C)C(CC#N)C(C)CCCCC#N. The van der Waals surface area contributed by atoms with Crippen molar-refractivity contribution in [2.45, 2.75) is 85.0 Å². The molecular weight excluding hydrogens is 318 g/mol. The summed E-state index contributed by atoms with van der Waals surface area (Å²) in [6.07, 6.45) is 11.4. The fourth-order valence-electron chi connectivity index (χ4n) is 4.18. The maximum absolute atomic E-state index is 9.37. The summed E-state index contributed by atoms with van der Waals surface area (Å²) >= 11 is 0. The van der Waals surface area contributed by atoms with Crippen LogP contribution in [0.1, 0.15) is 85.0 Å². The lowest BCUT2D eigenvalue weighted by Gasteiger charge is -2.36. The van der Waals surface area contributed by atoms with E-state index in [0.717, 1.165) is 25.7 Å². The quantitative estimate of drug-likeness (QED) is 0.240. The van der Waals surface area contributed by atoms with Crippen molar-refractivity contribution in [2.24, 2.45) is 29.6 Å². The van der Waals surface area contributed by atoms with Gasteiger partial charge in [-0.15, -0.1) is 6.58 Å². The van der Waals surface area contributed by atoms with E-state index in [2.05, 4.69) is 45.6 Å². The highest BCUT2D eigenvalue weighted by Crippen LogP contribution is 2.39. The number of allylic oxidation sites excluding steroid dienone is 1. The molecule has 0 aromatic rings. The Kier molecular flexibility index (Phi) is 14.4. The van der Waals surface area contributed by atoms with Crippen LogP contribution >= 0.6 is 0 Å². The van der Waals surface area contributed by atoms with Crippen LogP contribution in [-0.4, -0.2) is 0 Å². The number of rotatable bonds is 15. The van der Waals surface area contributed by atoms with Crippen molar-refractivity contribution in [3.05, 3.63) is 12.7 Å². The van der Waals surface area contributed by atoms with Crippen molar-refractivity contribution in [1.82, 2.24) is 0 Å². The minimum atomic E-state index is 0.272. The molecule has 0 bridgehead atoms. The van der Waals surface area contributed by atoms with Crippen molar-refractivity contribution in [1.29, 1.82) is 15.8 Å². The lowest BCUT2D eigenvalue weighted by Crippen LogP contribution is -2.30. The largest absolute Gasteiger partial charge is 0.198 e. The lowest BCUT2D eigenvalue weighted by molar-refractivity contribution is 0.146. The Labute approximate surface area is 161 Å². The van der Waals surface area contributed by atoms with Gasteiger partial charge in [-0.25, -0.2) is 0 Å². The summed E-state index contributed by atoms with van der Waals surface area (Å²) in [5.41, 5.74) is 0. The molecule has 0 aliphatic rings. The molecule has 0 heterocycles. The molecule has 5 atom stereocenters. The zero-order chi connectivity index (χ0) is 19.8. The molecule has 3 nitrogen and oxygen atoms in total. The van der Waals surface area contributed by atoms with Gasteiger partial charge in [0.15, 0.2) is 0 Å². The Morgan fingerprint density at radius 3 is 2.00 bits per heavy atom. The van der Waals surface area contributed by atoms with Gasteiger partial charge in [0.1, 0.15) is 0 Å². The minimum Gasteiger partial charge on any atom is -0.198 e. The minimum absolute atomic E-state index is 0.272. The zero-order valence-electron chi connectivity index (χ0n) is 17.1. The van der Waals surface area contributed by atoms with E-state index >= 15 is 0 Å². The van der Waals surface area contributed by atoms with Crippen molar-refractivity contribution in [2.75, 3.05) is 0 Å². The van der Waals surface area contributed by atoms with Crippen LogP contribution in [0.15, 0.2) is 12.7 Å². The second-order valence-corrected chi connectivity index (χ2v) is 7.69. The average Bonchev–Trinajstić information content (AvgIpc) is 2.64. The van der Waals surface area contributed by atoms with Crippen LogP contribution in [0.3, 0.4) is 0 Å². The first-order valence-electron chi connectivity index (χ1n) is 10.3. The molecule has 26 heavy (non-hydrogen) atoms. The standard InChI is InChI=1S/C23H37N3/c1-5-7-9-13-21(6-2)23(15-18-26)20(4)22(14-17-25)19(3)12-10-8-11-16-24/h6,19-23H,2,5,7-15H2,1,3-4H3. The van der Waals surface area contributed by atoms with Gasteiger partial charge in [-0.05, 0) is 42.4 Å². The van der Waals surface area contributed by atoms with Gasteiger partial charge < -0.3 is 0 Å². The first-order chi connectivity index (χ1) is 12.6. The lowest BCUT2D eigenvalue weighted by atomic mass is 9.68. The van der Waals surface area contributed by atoms with Gasteiger partial charge in [0.25, 0.3) is 0 Å². The molecule has 0 radical (unpaired) electrons. The van der Waals surface area contributed by atoms with Crippen molar-refractivity contribution in [3.8, 4) is 18.2 Å². The Morgan fingerprint density at radius 1 is 0.846 bits per heavy atom. The van der Waals surface area contributed by atoms with Gasteiger partial charge in [-0.1, -0.05) is 59.0 Å². The van der Waals surface area contributed by atoms with Gasteiger partial charge >= 0.3 is 0 Å². The van der Waals surface area contributed by atoms with Crippen LogP contribution in [0.4, 0.5) is 0 Å². The Morgan fingerprint density at radius 2 is 1.46 bits per heavy atom. The first kappa shape index (κ1) is 24.2. The smallest absolute Gasteiger partial charge is 0.0624 e. The topological polar surface area (TPSA) is 71.4 Å². The molecule has 0 saturated heterocycles. The maximum Gasteiger partial charge on any atom is 0.0624 e. The molecule has 5 unspecified atom stereocenters. The average molecular weight is 356 g/mol. The second-order valence-electron chi connectivity index (χ2n) is 7.69. The van der Waals surface area contributed by atoms with Crippen molar-refractivity contribution >= 4 is 0 Å². The highest BCUT2D eigenvalue weighted by molar-refractivity contribution is 4.95. The van der Waals surface area contributed by atoms with E-state index in [1.54, 1.807) is 0 Å². The fraction of sp³-hybridized carbons (Fsp3) is 0.783. The van der Waals surface area contributed by atoms with E-state index in [-0.39, 0.29) is 5.92 Å². The summed E-state index contributed by atoms with van der Waals surface area (Å²) in [5, 5.41) is 27.4. The Bertz CT molecular complexity index is 491. The van der Waals surface area contributed by atoms with Crippen LogP contribution in [0, 0.1) is 63.6 Å². The molecule has 0 aromatic heterocycles. The van der Waals surface area contributed by atoms with Crippen LogP contribution in [0.5, 0.6) is 0 Å². The molecule has 0 N–H and O–H groups in total. The monoisotopic (exact) mass is 355 g/mol. The van der Waals surface area contributed by atoms with E-state index in [9.17, 15) is 10.5 Å². The zero-order valence-corrected chi connectivity index (χ0v) is 17.1. The van der Waals surface area contributed by atoms with Gasteiger partial charge in [0.05, 0.1) is 18.2 Å². The molecule has 3 heteroatoms. The molecule has 0 amide bonds. The molecule has 0 aromatic carbocycles. The summed E-state index contributed by atoms with van der Waals surface area (Å²) in [4.78, 5) is 0. The van der Waals surface area contributed by atoms with E-state index in [1.807, 2.05) is 6.08 Å². The first-order valence-corrected chi connectivity index (χ1v) is 10.3. The summed E-state index contributed by atoms with van der Waals surface area (Å²) in [7, 11) is 0. The number of hydrogen-bond donors (Lipinski definition) is 0. The molecule has 0 aliphatic heterocycles. The number of hydrogen-bond acceptors (Lipinski definition) is 3. The molecular formula is C23H37N3. The van der Waals surface area contributed by atoms with E-state index in [1.165, 1.54) is 19.3 Å². The highest BCUT2D eigenvalue weighted by atomic mass is 14.4. The van der Waals surface area contributed by atoms with Crippen molar-refractivity contribution < 1.29 is 0 Å². The van der Waals surface area contributed by atoms with Crippen molar-refractivity contribution in [3.63, 3.8) is 0 Å². The number of unbranched alkanes of at least 4 members (excludes halogenated alkanes) is 4. The van der Waals surface area contributed by atoms with E-state index < -0.39 is 0 Å². The normalized spacial score (nSPS) is 16.3. The molecule has 0 spiro atoms. The third-order valence-corrected chi connectivity index (χ3v) is 5.93.